The summed E-state index contributed by atoms with van der Waals surface area (Å²) in [5.41, 5.74) is 1.02. The van der Waals surface area contributed by atoms with Gasteiger partial charge in [-0.05, 0) is 31.0 Å². The number of hydrogen-bond acceptors (Lipinski definition) is 6. The number of rotatable bonds is 6. The van der Waals surface area contributed by atoms with E-state index in [4.69, 9.17) is 9.15 Å². The molecule has 3 aromatic rings. The van der Waals surface area contributed by atoms with Crippen molar-refractivity contribution in [3.05, 3.63) is 72.2 Å². The van der Waals surface area contributed by atoms with E-state index in [0.717, 1.165) is 29.9 Å². The molecule has 0 saturated carbocycles. The predicted molar refractivity (Wildman–Crippen MR) is 107 cm³/mol. The van der Waals surface area contributed by atoms with E-state index in [2.05, 4.69) is 9.97 Å². The highest BCUT2D eigenvalue weighted by atomic mass is 32.2. The summed E-state index contributed by atoms with van der Waals surface area (Å²) in [7, 11) is -1.93. The lowest BCUT2D eigenvalue weighted by atomic mass is 10.00. The molecule has 0 N–H and O–H groups in total. The molecule has 1 aliphatic heterocycles. The number of aromatic nitrogens is 2. The lowest BCUT2D eigenvalue weighted by Gasteiger charge is -2.30. The molecule has 3 heterocycles. The van der Waals surface area contributed by atoms with Crippen molar-refractivity contribution in [2.75, 3.05) is 20.2 Å². The van der Waals surface area contributed by atoms with Crippen LogP contribution in [0, 0.1) is 0 Å². The van der Waals surface area contributed by atoms with Gasteiger partial charge in [-0.25, -0.2) is 13.4 Å². The molecule has 0 amide bonds. The highest BCUT2D eigenvalue weighted by Gasteiger charge is 2.33. The average Bonchev–Trinajstić information content (AvgIpc) is 3.23. The summed E-state index contributed by atoms with van der Waals surface area (Å²) in [6, 6.07) is 11.0. The van der Waals surface area contributed by atoms with Crippen molar-refractivity contribution < 1.29 is 17.6 Å². The fourth-order valence-corrected chi connectivity index (χ4v) is 5.13. The third kappa shape index (κ3) is 4.18. The predicted octanol–water partition coefficient (Wildman–Crippen LogP) is 3.24. The molecule has 1 aromatic carbocycles. The van der Waals surface area contributed by atoms with Gasteiger partial charge in [0.1, 0.15) is 16.4 Å². The Kier molecular flexibility index (Phi) is 5.64. The van der Waals surface area contributed by atoms with Gasteiger partial charge >= 0.3 is 0 Å². The summed E-state index contributed by atoms with van der Waals surface area (Å²) in [6.07, 6.45) is 6.84. The second-order valence-corrected chi connectivity index (χ2v) is 8.98. The Labute approximate surface area is 170 Å². The van der Waals surface area contributed by atoms with Crippen LogP contribution in [0.3, 0.4) is 0 Å². The van der Waals surface area contributed by atoms with Crippen LogP contribution in [-0.4, -0.2) is 42.9 Å². The highest BCUT2D eigenvalue weighted by molar-refractivity contribution is 7.89. The summed E-state index contributed by atoms with van der Waals surface area (Å²) in [5.74, 6) is 2.05. The zero-order chi connectivity index (χ0) is 20.3. The van der Waals surface area contributed by atoms with Crippen molar-refractivity contribution in [2.24, 2.45) is 0 Å². The van der Waals surface area contributed by atoms with Crippen LogP contribution >= 0.6 is 0 Å². The maximum atomic E-state index is 12.9. The maximum Gasteiger partial charge on any atom is 0.244 e. The smallest absolute Gasteiger partial charge is 0.244 e. The molecule has 0 bridgehead atoms. The van der Waals surface area contributed by atoms with Gasteiger partial charge in [-0.2, -0.15) is 4.31 Å². The number of ether oxygens (including phenoxy) is 1. The van der Waals surface area contributed by atoms with Gasteiger partial charge in [0, 0.05) is 43.4 Å². The van der Waals surface area contributed by atoms with E-state index >= 15 is 0 Å². The number of benzene rings is 1. The van der Waals surface area contributed by atoms with Crippen LogP contribution < -0.4 is 4.74 Å². The first-order valence-electron chi connectivity index (χ1n) is 9.54. The molecular weight excluding hydrogens is 390 g/mol. The summed E-state index contributed by atoms with van der Waals surface area (Å²) in [5, 5.41) is 0. The molecule has 2 aromatic heterocycles. The van der Waals surface area contributed by atoms with Crippen LogP contribution in [-0.2, 0) is 16.4 Å². The highest BCUT2D eigenvalue weighted by Crippen LogP contribution is 2.31. The number of nitrogens with zero attached hydrogens (tertiary/aromatic N) is 3. The van der Waals surface area contributed by atoms with E-state index in [-0.39, 0.29) is 10.8 Å². The van der Waals surface area contributed by atoms with Crippen molar-refractivity contribution in [3.63, 3.8) is 0 Å². The summed E-state index contributed by atoms with van der Waals surface area (Å²) >= 11 is 0. The minimum absolute atomic E-state index is 0.0679. The molecule has 1 fully saturated rings. The van der Waals surface area contributed by atoms with E-state index in [1.165, 1.54) is 10.5 Å². The first-order chi connectivity index (χ1) is 14.1. The second-order valence-electron chi connectivity index (χ2n) is 7.04. The zero-order valence-electron chi connectivity index (χ0n) is 16.2. The van der Waals surface area contributed by atoms with E-state index in [1.807, 2.05) is 24.3 Å². The first kappa shape index (κ1) is 19.6. The van der Waals surface area contributed by atoms with Crippen LogP contribution in [0.25, 0.3) is 0 Å². The number of piperidine rings is 1. The summed E-state index contributed by atoms with van der Waals surface area (Å²) in [4.78, 5) is 8.59. The molecule has 8 heteroatoms. The van der Waals surface area contributed by atoms with E-state index in [0.29, 0.717) is 25.4 Å². The number of sulfonamides is 1. The minimum atomic E-state index is -3.57. The fourth-order valence-electron chi connectivity index (χ4n) is 3.64. The third-order valence-electron chi connectivity index (χ3n) is 5.13. The Morgan fingerprint density at radius 3 is 2.86 bits per heavy atom. The Balaban J connectivity index is 1.50. The second kappa shape index (κ2) is 8.34. The van der Waals surface area contributed by atoms with Crippen LogP contribution in [0.1, 0.15) is 36.0 Å². The van der Waals surface area contributed by atoms with Crippen molar-refractivity contribution in [1.82, 2.24) is 14.3 Å². The summed E-state index contributed by atoms with van der Waals surface area (Å²) in [6.45, 7) is 0.842. The molecular formula is C21H23N3O4S. The molecule has 29 heavy (non-hydrogen) atoms. The SMILES string of the molecule is COc1ccccc1Cc1cnc([C@H]2CCCN(S(=O)(=O)c3cccnc3)C2)o1. The van der Waals surface area contributed by atoms with Crippen LogP contribution in [0.4, 0.5) is 0 Å². The van der Waals surface area contributed by atoms with Crippen LogP contribution in [0.5, 0.6) is 5.75 Å². The Morgan fingerprint density at radius 1 is 1.21 bits per heavy atom. The maximum absolute atomic E-state index is 12.9. The quantitative estimate of drug-likeness (QED) is 0.617. The van der Waals surface area contributed by atoms with Gasteiger partial charge in [0.05, 0.1) is 13.3 Å². The number of pyridine rings is 1. The monoisotopic (exact) mass is 413 g/mol. The van der Waals surface area contributed by atoms with Gasteiger partial charge in [0.2, 0.25) is 10.0 Å². The largest absolute Gasteiger partial charge is 0.496 e. The molecule has 1 saturated heterocycles. The first-order valence-corrected chi connectivity index (χ1v) is 11.0. The number of para-hydroxylation sites is 1. The van der Waals surface area contributed by atoms with Gasteiger partial charge in [-0.3, -0.25) is 4.98 Å². The molecule has 7 nitrogen and oxygen atoms in total. The van der Waals surface area contributed by atoms with Gasteiger partial charge in [-0.1, -0.05) is 18.2 Å². The standard InChI is InChI=1S/C21H23N3O4S/c1-27-20-9-3-2-6-16(20)12-18-13-23-21(28-18)17-7-5-11-24(15-17)29(25,26)19-8-4-10-22-14-19/h2-4,6,8-10,13-14,17H,5,7,11-12,15H2,1H3/t17-/m0/s1. The molecule has 0 spiro atoms. The van der Waals surface area contributed by atoms with Crippen LogP contribution in [0.2, 0.25) is 0 Å². The topological polar surface area (TPSA) is 85.5 Å². The van der Waals surface area contributed by atoms with Crippen molar-refractivity contribution in [1.29, 1.82) is 0 Å². The number of oxazole rings is 1. The van der Waals surface area contributed by atoms with Gasteiger partial charge in [0.25, 0.3) is 0 Å². The third-order valence-corrected chi connectivity index (χ3v) is 6.98. The Bertz CT molecular complexity index is 1070. The van der Waals surface area contributed by atoms with Gasteiger partial charge in [-0.15, -0.1) is 0 Å². The lowest BCUT2D eigenvalue weighted by molar-refractivity contribution is 0.281. The van der Waals surface area contributed by atoms with Crippen molar-refractivity contribution >= 4 is 10.0 Å². The Morgan fingerprint density at radius 2 is 2.07 bits per heavy atom. The molecule has 0 unspecified atom stereocenters. The van der Waals surface area contributed by atoms with Gasteiger partial charge in [0.15, 0.2) is 5.89 Å². The minimum Gasteiger partial charge on any atom is -0.496 e. The molecule has 1 atom stereocenters. The van der Waals surface area contributed by atoms with Crippen molar-refractivity contribution in [2.45, 2.75) is 30.1 Å². The summed E-state index contributed by atoms with van der Waals surface area (Å²) < 4.78 is 38.7. The fraction of sp³-hybridized carbons (Fsp3) is 0.333. The molecule has 1 aliphatic rings. The number of hydrogen-bond donors (Lipinski definition) is 0. The average molecular weight is 413 g/mol. The molecule has 4 rings (SSSR count). The lowest BCUT2D eigenvalue weighted by Crippen LogP contribution is -2.39. The molecule has 0 aliphatic carbocycles. The van der Waals surface area contributed by atoms with E-state index in [1.54, 1.807) is 31.6 Å². The Hall–Kier alpha value is -2.71. The normalized spacial score (nSPS) is 17.9. The molecule has 0 radical (unpaired) electrons. The van der Waals surface area contributed by atoms with Gasteiger partial charge < -0.3 is 9.15 Å². The van der Waals surface area contributed by atoms with E-state index in [9.17, 15) is 8.42 Å². The zero-order valence-corrected chi connectivity index (χ0v) is 17.0. The van der Waals surface area contributed by atoms with E-state index < -0.39 is 10.0 Å². The van der Waals surface area contributed by atoms with Crippen LogP contribution in [0.15, 0.2) is 64.3 Å². The number of methoxy groups -OCH3 is 1. The van der Waals surface area contributed by atoms with Crippen molar-refractivity contribution in [3.8, 4) is 5.75 Å². The molecule has 152 valence electrons.